The van der Waals surface area contributed by atoms with Crippen LogP contribution in [-0.2, 0) is 9.53 Å². The maximum absolute atomic E-state index is 12.3. The summed E-state index contributed by atoms with van der Waals surface area (Å²) >= 11 is 0. The topological polar surface area (TPSA) is 55.0 Å². The number of nitrogens with one attached hydrogen (secondary N) is 1. The Morgan fingerprint density at radius 3 is 3.07 bits per heavy atom. The summed E-state index contributed by atoms with van der Waals surface area (Å²) in [4.78, 5) is 12.3. The van der Waals surface area contributed by atoms with Crippen molar-refractivity contribution in [1.29, 1.82) is 0 Å². The number of allylic oxidation sites excluding steroid dienone is 3. The molecule has 1 saturated heterocycles. The van der Waals surface area contributed by atoms with Crippen molar-refractivity contribution in [3.05, 3.63) is 59.3 Å². The van der Waals surface area contributed by atoms with Crippen molar-refractivity contribution in [3.63, 3.8) is 0 Å². The lowest BCUT2D eigenvalue weighted by Crippen LogP contribution is -2.53. The molecule has 0 amide bonds. The van der Waals surface area contributed by atoms with E-state index in [-0.39, 0.29) is 16.6 Å². The summed E-state index contributed by atoms with van der Waals surface area (Å²) in [6.07, 6.45) is 15.4. The maximum atomic E-state index is 12.3. The van der Waals surface area contributed by atoms with Gasteiger partial charge in [0, 0.05) is 29.6 Å². The van der Waals surface area contributed by atoms with Gasteiger partial charge in [0.25, 0.3) is 0 Å². The van der Waals surface area contributed by atoms with Crippen molar-refractivity contribution in [3.8, 4) is 0 Å². The van der Waals surface area contributed by atoms with Gasteiger partial charge in [0.2, 0.25) is 0 Å². The van der Waals surface area contributed by atoms with Crippen LogP contribution in [0, 0.1) is 11.3 Å². The molecule has 2 fully saturated rings. The third-order valence-electron chi connectivity index (χ3n) is 8.84. The van der Waals surface area contributed by atoms with Crippen molar-refractivity contribution in [2.45, 2.75) is 63.1 Å². The Kier molecular flexibility index (Phi) is 3.11. The van der Waals surface area contributed by atoms with Gasteiger partial charge in [-0.3, -0.25) is 9.89 Å². The summed E-state index contributed by atoms with van der Waals surface area (Å²) in [6.45, 7) is 2.43. The van der Waals surface area contributed by atoms with E-state index in [2.05, 4.69) is 53.5 Å². The second-order valence-electron chi connectivity index (χ2n) is 10.2. The Balaban J connectivity index is 1.33. The highest BCUT2D eigenvalue weighted by atomic mass is 16.5. The summed E-state index contributed by atoms with van der Waals surface area (Å²) in [5.74, 6) is 0.792. The molecule has 3 aliphatic carbocycles. The predicted molar refractivity (Wildman–Crippen MR) is 116 cm³/mol. The number of rotatable bonds is 1. The van der Waals surface area contributed by atoms with E-state index in [9.17, 15) is 4.79 Å². The van der Waals surface area contributed by atoms with Crippen molar-refractivity contribution < 1.29 is 9.53 Å². The molecular weight excluding hydrogens is 372 g/mol. The molecule has 1 aromatic heterocycles. The second-order valence-corrected chi connectivity index (χ2v) is 10.2. The molecule has 2 spiro atoms. The molecule has 1 aromatic carbocycles. The van der Waals surface area contributed by atoms with Crippen LogP contribution in [-0.4, -0.2) is 27.2 Å². The molecule has 5 aliphatic rings. The molecule has 2 bridgehead atoms. The first kappa shape index (κ1) is 17.2. The Morgan fingerprint density at radius 2 is 2.13 bits per heavy atom. The van der Waals surface area contributed by atoms with Crippen LogP contribution >= 0.6 is 0 Å². The third-order valence-corrected chi connectivity index (χ3v) is 8.84. The van der Waals surface area contributed by atoms with Gasteiger partial charge < -0.3 is 4.74 Å². The first-order valence-electron chi connectivity index (χ1n) is 11.3. The molecule has 30 heavy (non-hydrogen) atoms. The number of carbonyl (C=O) groups is 1. The standard InChI is InChI=1S/C26H26N2O2/c1-24-9-8-19-13-18-4-5-20(29)14-25(18)10-11-26(19,30-25)23(24)7-6-21(24)16-2-3-17-15-27-28-22(17)12-16/h2-3,6,8,12-13,15,23H,4-5,7,9-11,14H2,1H3,(H,27,28)/t23-,24-,25-,26?/m1/s1. The zero-order valence-corrected chi connectivity index (χ0v) is 17.3. The molecule has 3 heterocycles. The van der Waals surface area contributed by atoms with Crippen LogP contribution in [0.2, 0.25) is 0 Å². The quantitative estimate of drug-likeness (QED) is 0.711. The molecule has 4 heteroatoms. The van der Waals surface area contributed by atoms with E-state index in [0.717, 1.165) is 43.0 Å². The van der Waals surface area contributed by atoms with Crippen molar-refractivity contribution >= 4 is 22.3 Å². The summed E-state index contributed by atoms with van der Waals surface area (Å²) in [5, 5.41) is 8.46. The summed E-state index contributed by atoms with van der Waals surface area (Å²) < 4.78 is 7.07. The number of H-pyrrole nitrogens is 1. The molecule has 1 saturated carbocycles. The molecule has 1 unspecified atom stereocenters. The highest BCUT2D eigenvalue weighted by Gasteiger charge is 2.65. The number of aromatic nitrogens is 2. The Labute approximate surface area is 176 Å². The van der Waals surface area contributed by atoms with Gasteiger partial charge in [0.05, 0.1) is 22.9 Å². The maximum Gasteiger partial charge on any atom is 0.136 e. The van der Waals surface area contributed by atoms with Gasteiger partial charge in [0.15, 0.2) is 0 Å². The fourth-order valence-electron chi connectivity index (χ4n) is 7.35. The lowest BCUT2D eigenvalue weighted by atomic mass is 9.58. The van der Waals surface area contributed by atoms with Gasteiger partial charge in [-0.25, -0.2) is 0 Å². The van der Waals surface area contributed by atoms with E-state index in [4.69, 9.17) is 4.74 Å². The van der Waals surface area contributed by atoms with Gasteiger partial charge >= 0.3 is 0 Å². The molecule has 2 aromatic rings. The van der Waals surface area contributed by atoms with Gasteiger partial charge in [-0.1, -0.05) is 37.3 Å². The molecular formula is C26H26N2O2. The van der Waals surface area contributed by atoms with E-state index in [1.807, 2.05) is 6.20 Å². The monoisotopic (exact) mass is 398 g/mol. The van der Waals surface area contributed by atoms with Crippen LogP contribution in [0.3, 0.4) is 0 Å². The average Bonchev–Trinajstić information content (AvgIpc) is 3.41. The first-order valence-corrected chi connectivity index (χ1v) is 11.3. The Morgan fingerprint density at radius 1 is 1.20 bits per heavy atom. The van der Waals surface area contributed by atoms with Crippen molar-refractivity contribution in [2.24, 2.45) is 11.3 Å². The number of fused-ring (bicyclic) bond motifs is 2. The van der Waals surface area contributed by atoms with Crippen LogP contribution in [0.15, 0.2) is 53.8 Å². The minimum atomic E-state index is -0.317. The molecule has 7 rings (SSSR count). The number of aromatic amines is 1. The van der Waals surface area contributed by atoms with Crippen LogP contribution < -0.4 is 0 Å². The molecule has 0 radical (unpaired) electrons. The van der Waals surface area contributed by atoms with E-state index >= 15 is 0 Å². The normalized spacial score (nSPS) is 39.2. The number of hydrogen-bond donors (Lipinski definition) is 1. The summed E-state index contributed by atoms with van der Waals surface area (Å²) in [5.41, 5.74) is 6.08. The number of nitrogens with zero attached hydrogens (tertiary/aromatic N) is 1. The number of carbonyl (C=O) groups excluding carboxylic acids is 1. The van der Waals surface area contributed by atoms with E-state index < -0.39 is 0 Å². The van der Waals surface area contributed by atoms with Crippen LogP contribution in [0.25, 0.3) is 16.5 Å². The highest BCUT2D eigenvalue weighted by Crippen LogP contribution is 2.67. The average molecular weight is 399 g/mol. The fraction of sp³-hybridized carbons (Fsp3) is 0.462. The van der Waals surface area contributed by atoms with Gasteiger partial charge in [-0.2, -0.15) is 5.10 Å². The number of ketones is 1. The smallest absolute Gasteiger partial charge is 0.136 e. The SMILES string of the molecule is C[C@]12CC=C3C=C4CCC(=O)C[C@]45CCC3(O5)[C@@H]1CC=C2c1ccc2cn[nH]c2c1. The van der Waals surface area contributed by atoms with Crippen molar-refractivity contribution in [1.82, 2.24) is 10.2 Å². The predicted octanol–water partition coefficient (Wildman–Crippen LogP) is 5.28. The van der Waals surface area contributed by atoms with E-state index in [1.165, 1.54) is 22.3 Å². The zero-order chi connectivity index (χ0) is 20.1. The lowest BCUT2D eigenvalue weighted by Gasteiger charge is -2.53. The largest absolute Gasteiger partial charge is 0.359 e. The van der Waals surface area contributed by atoms with Gasteiger partial charge in [0.1, 0.15) is 5.78 Å². The summed E-state index contributed by atoms with van der Waals surface area (Å²) in [6, 6.07) is 6.65. The summed E-state index contributed by atoms with van der Waals surface area (Å²) in [7, 11) is 0. The molecule has 152 valence electrons. The number of ether oxygens (including phenoxy) is 1. The highest BCUT2D eigenvalue weighted by molar-refractivity contribution is 5.85. The fourth-order valence-corrected chi connectivity index (χ4v) is 7.35. The van der Waals surface area contributed by atoms with Crippen LogP contribution in [0.4, 0.5) is 0 Å². The molecule has 1 N–H and O–H groups in total. The minimum Gasteiger partial charge on any atom is -0.359 e. The van der Waals surface area contributed by atoms with Crippen molar-refractivity contribution in [2.75, 3.05) is 0 Å². The number of hydrogen-bond acceptors (Lipinski definition) is 3. The molecule has 2 aliphatic heterocycles. The molecule has 4 nitrogen and oxygen atoms in total. The minimum absolute atomic E-state index is 0.0484. The van der Waals surface area contributed by atoms with Gasteiger partial charge in [-0.05, 0) is 60.5 Å². The third kappa shape index (κ3) is 1.96. The Hall–Kier alpha value is -2.46. The van der Waals surface area contributed by atoms with E-state index in [0.29, 0.717) is 24.5 Å². The van der Waals surface area contributed by atoms with E-state index in [1.54, 1.807) is 0 Å². The molecule has 4 atom stereocenters. The van der Waals surface area contributed by atoms with Crippen LogP contribution in [0.5, 0.6) is 0 Å². The van der Waals surface area contributed by atoms with Gasteiger partial charge in [-0.15, -0.1) is 0 Å². The lowest BCUT2D eigenvalue weighted by molar-refractivity contribution is -0.143. The number of benzene rings is 1. The first-order chi connectivity index (χ1) is 14.5. The van der Waals surface area contributed by atoms with Crippen LogP contribution in [0.1, 0.15) is 57.4 Å². The zero-order valence-electron chi connectivity index (χ0n) is 17.3. The second kappa shape index (κ2) is 5.42. The Bertz CT molecular complexity index is 1220. The number of Topliss-reactive ketones (excluding diaryl/α,β-unsaturated/α-hetero) is 1.